The van der Waals surface area contributed by atoms with Crippen molar-refractivity contribution in [1.82, 2.24) is 0 Å². The number of rotatable bonds is 10. The molecular formula is C25H25FO4. The second-order valence-corrected chi connectivity index (χ2v) is 6.48. The van der Waals surface area contributed by atoms with Crippen molar-refractivity contribution in [2.75, 3.05) is 26.6 Å². The van der Waals surface area contributed by atoms with Crippen molar-refractivity contribution >= 4 is 11.9 Å². The Bertz CT molecular complexity index is 932. The Kier molecular flexibility index (Phi) is 8.01. The lowest BCUT2D eigenvalue weighted by Gasteiger charge is -2.07. The molecule has 3 rings (SSSR count). The fourth-order valence-electron chi connectivity index (χ4n) is 2.89. The number of hydrogen-bond donors (Lipinski definition) is 1. The molecule has 0 saturated heterocycles. The minimum Gasteiger partial charge on any atom is -0.491 e. The third kappa shape index (κ3) is 6.17. The van der Waals surface area contributed by atoms with E-state index in [9.17, 15) is 4.39 Å². The standard InChI is InChI=1S/C25H25FO4/c1-2-28-15-16-29-23-13-9-22(10-14-23)25(26)17-19-3-5-20(6-4-19)21-7-11-24(12-8-21)30-18-27/h3-14,17,27H,2,15-16,18H2,1H3. The molecule has 0 aliphatic carbocycles. The molecule has 30 heavy (non-hydrogen) atoms. The van der Waals surface area contributed by atoms with E-state index in [0.29, 0.717) is 36.9 Å². The van der Waals surface area contributed by atoms with Gasteiger partial charge in [-0.05, 0) is 66.1 Å². The Labute approximate surface area is 176 Å². The van der Waals surface area contributed by atoms with E-state index in [1.54, 1.807) is 36.4 Å². The first-order valence-corrected chi connectivity index (χ1v) is 9.82. The molecule has 0 saturated carbocycles. The predicted octanol–water partition coefficient (Wildman–Crippen LogP) is 5.57. The van der Waals surface area contributed by atoms with Crippen LogP contribution < -0.4 is 9.47 Å². The second kappa shape index (κ2) is 11.1. The minimum absolute atomic E-state index is 0.311. The Morgan fingerprint density at radius 1 is 0.800 bits per heavy atom. The molecule has 0 atom stereocenters. The molecular weight excluding hydrogens is 383 g/mol. The molecule has 0 fully saturated rings. The smallest absolute Gasteiger partial charge is 0.186 e. The summed E-state index contributed by atoms with van der Waals surface area (Å²) < 4.78 is 30.4. The SMILES string of the molecule is CCOCCOc1ccc(C(F)=Cc2ccc(-c3ccc(OCO)cc3)cc2)cc1. The molecule has 156 valence electrons. The summed E-state index contributed by atoms with van der Waals surface area (Å²) in [7, 11) is 0. The van der Waals surface area contributed by atoms with Gasteiger partial charge in [-0.3, -0.25) is 0 Å². The summed E-state index contributed by atoms with van der Waals surface area (Å²) in [5.41, 5.74) is 3.29. The van der Waals surface area contributed by atoms with Crippen molar-refractivity contribution in [3.63, 3.8) is 0 Å². The van der Waals surface area contributed by atoms with E-state index >= 15 is 0 Å². The number of ether oxygens (including phenoxy) is 3. The molecule has 1 N–H and O–H groups in total. The topological polar surface area (TPSA) is 47.9 Å². The lowest BCUT2D eigenvalue weighted by Crippen LogP contribution is -2.06. The molecule has 0 aliphatic heterocycles. The number of aliphatic hydroxyl groups excluding tert-OH is 1. The summed E-state index contributed by atoms with van der Waals surface area (Å²) in [6.07, 6.45) is 1.51. The van der Waals surface area contributed by atoms with Gasteiger partial charge in [0.1, 0.15) is 23.9 Å². The molecule has 5 heteroatoms. The summed E-state index contributed by atoms with van der Waals surface area (Å²) in [6, 6.07) is 21.9. The molecule has 3 aromatic rings. The summed E-state index contributed by atoms with van der Waals surface area (Å²) in [5, 5.41) is 8.79. The van der Waals surface area contributed by atoms with Crippen LogP contribution in [0.3, 0.4) is 0 Å². The highest BCUT2D eigenvalue weighted by molar-refractivity contribution is 5.78. The van der Waals surface area contributed by atoms with Crippen LogP contribution in [-0.4, -0.2) is 31.7 Å². The highest BCUT2D eigenvalue weighted by atomic mass is 19.1. The molecule has 0 bridgehead atoms. The minimum atomic E-state index is -0.352. The quantitative estimate of drug-likeness (QED) is 0.271. The normalized spacial score (nSPS) is 11.4. The van der Waals surface area contributed by atoms with E-state index in [4.69, 9.17) is 19.3 Å². The van der Waals surface area contributed by atoms with Gasteiger partial charge in [-0.15, -0.1) is 0 Å². The Balaban J connectivity index is 1.63. The molecule has 0 amide bonds. The van der Waals surface area contributed by atoms with Crippen molar-refractivity contribution in [3.05, 3.63) is 83.9 Å². The molecule has 3 aromatic carbocycles. The Hall–Kier alpha value is -3.15. The van der Waals surface area contributed by atoms with Gasteiger partial charge in [0.25, 0.3) is 0 Å². The van der Waals surface area contributed by atoms with Crippen LogP contribution in [0.1, 0.15) is 18.1 Å². The van der Waals surface area contributed by atoms with E-state index in [1.165, 1.54) is 6.08 Å². The monoisotopic (exact) mass is 408 g/mol. The van der Waals surface area contributed by atoms with Crippen molar-refractivity contribution in [3.8, 4) is 22.6 Å². The average Bonchev–Trinajstić information content (AvgIpc) is 2.78. The lowest BCUT2D eigenvalue weighted by atomic mass is 10.0. The van der Waals surface area contributed by atoms with Gasteiger partial charge in [-0.2, -0.15) is 0 Å². The van der Waals surface area contributed by atoms with Crippen LogP contribution in [0.15, 0.2) is 72.8 Å². The molecule has 0 heterocycles. The molecule has 0 aliphatic rings. The number of hydrogen-bond acceptors (Lipinski definition) is 4. The van der Waals surface area contributed by atoms with E-state index in [0.717, 1.165) is 16.7 Å². The average molecular weight is 408 g/mol. The van der Waals surface area contributed by atoms with Crippen molar-refractivity contribution in [2.24, 2.45) is 0 Å². The van der Waals surface area contributed by atoms with Gasteiger partial charge in [0, 0.05) is 12.2 Å². The van der Waals surface area contributed by atoms with Gasteiger partial charge in [-0.1, -0.05) is 36.4 Å². The van der Waals surface area contributed by atoms with Crippen LogP contribution in [0.25, 0.3) is 23.0 Å². The first-order chi connectivity index (χ1) is 14.7. The van der Waals surface area contributed by atoms with Crippen molar-refractivity contribution in [2.45, 2.75) is 6.92 Å². The van der Waals surface area contributed by atoms with Gasteiger partial charge < -0.3 is 19.3 Å². The van der Waals surface area contributed by atoms with Crippen molar-refractivity contribution in [1.29, 1.82) is 0 Å². The summed E-state index contributed by atoms with van der Waals surface area (Å²) in [4.78, 5) is 0. The van der Waals surface area contributed by atoms with Crippen LogP contribution in [0.2, 0.25) is 0 Å². The zero-order chi connectivity index (χ0) is 21.2. The van der Waals surface area contributed by atoms with Crippen LogP contribution >= 0.6 is 0 Å². The van der Waals surface area contributed by atoms with Gasteiger partial charge in [0.2, 0.25) is 0 Å². The second-order valence-electron chi connectivity index (χ2n) is 6.48. The maximum Gasteiger partial charge on any atom is 0.186 e. The van der Waals surface area contributed by atoms with Crippen LogP contribution in [-0.2, 0) is 4.74 Å². The maximum atomic E-state index is 14.6. The number of aliphatic hydroxyl groups is 1. The van der Waals surface area contributed by atoms with Crippen LogP contribution in [0.4, 0.5) is 4.39 Å². The Morgan fingerprint density at radius 2 is 1.37 bits per heavy atom. The van der Waals surface area contributed by atoms with E-state index in [2.05, 4.69) is 0 Å². The fraction of sp³-hybridized carbons (Fsp3) is 0.200. The highest BCUT2D eigenvalue weighted by Gasteiger charge is 2.03. The van der Waals surface area contributed by atoms with Crippen molar-refractivity contribution < 1.29 is 23.7 Å². The lowest BCUT2D eigenvalue weighted by molar-refractivity contribution is 0.0985. The van der Waals surface area contributed by atoms with Crippen LogP contribution in [0.5, 0.6) is 11.5 Å². The molecule has 0 aromatic heterocycles. The highest BCUT2D eigenvalue weighted by Crippen LogP contribution is 2.25. The third-order valence-electron chi connectivity index (χ3n) is 4.45. The first-order valence-electron chi connectivity index (χ1n) is 9.82. The zero-order valence-corrected chi connectivity index (χ0v) is 16.9. The molecule has 0 unspecified atom stereocenters. The van der Waals surface area contributed by atoms with E-state index < -0.39 is 0 Å². The Morgan fingerprint density at radius 3 is 1.97 bits per heavy atom. The summed E-state index contributed by atoms with van der Waals surface area (Å²) in [5.74, 6) is 0.980. The van der Waals surface area contributed by atoms with Gasteiger partial charge in [0.15, 0.2) is 6.79 Å². The summed E-state index contributed by atoms with van der Waals surface area (Å²) >= 11 is 0. The van der Waals surface area contributed by atoms with Gasteiger partial charge >= 0.3 is 0 Å². The zero-order valence-electron chi connectivity index (χ0n) is 16.9. The first kappa shape index (κ1) is 21.6. The number of benzene rings is 3. The number of halogens is 1. The third-order valence-corrected chi connectivity index (χ3v) is 4.45. The van der Waals surface area contributed by atoms with E-state index in [-0.39, 0.29) is 12.6 Å². The molecule has 4 nitrogen and oxygen atoms in total. The molecule has 0 spiro atoms. The molecule has 0 radical (unpaired) electrons. The maximum absolute atomic E-state index is 14.6. The van der Waals surface area contributed by atoms with Gasteiger partial charge in [0.05, 0.1) is 6.61 Å². The predicted molar refractivity (Wildman–Crippen MR) is 117 cm³/mol. The van der Waals surface area contributed by atoms with Gasteiger partial charge in [-0.25, -0.2) is 4.39 Å². The largest absolute Gasteiger partial charge is 0.491 e. The van der Waals surface area contributed by atoms with Crippen LogP contribution in [0, 0.1) is 0 Å². The summed E-state index contributed by atoms with van der Waals surface area (Å²) in [6.45, 7) is 3.24. The van der Waals surface area contributed by atoms with E-state index in [1.807, 2.05) is 43.3 Å². The fourth-order valence-corrected chi connectivity index (χ4v) is 2.89.